The highest BCUT2D eigenvalue weighted by Crippen LogP contribution is 2.47. The van der Waals surface area contributed by atoms with Crippen molar-refractivity contribution >= 4 is 12.0 Å². The molecule has 0 bridgehead atoms. The summed E-state index contributed by atoms with van der Waals surface area (Å²) in [7, 11) is 1.79. The predicted octanol–water partition coefficient (Wildman–Crippen LogP) is 4.32. The first-order valence-electron chi connectivity index (χ1n) is 9.66. The number of carbonyl (C=O) groups excluding carboxylic acids is 1. The summed E-state index contributed by atoms with van der Waals surface area (Å²) < 4.78 is 7.71. The normalized spacial score (nSPS) is 18.5. The summed E-state index contributed by atoms with van der Waals surface area (Å²) in [5, 5.41) is 4.39. The molecule has 0 saturated heterocycles. The Kier molecular flexibility index (Phi) is 5.15. The van der Waals surface area contributed by atoms with Gasteiger partial charge in [-0.05, 0) is 36.1 Å². The van der Waals surface area contributed by atoms with Crippen LogP contribution in [0.5, 0.6) is 0 Å². The zero-order valence-corrected chi connectivity index (χ0v) is 16.3. The summed E-state index contributed by atoms with van der Waals surface area (Å²) in [5.74, 6) is 2.95. The quantitative estimate of drug-likeness (QED) is 0.578. The van der Waals surface area contributed by atoms with Gasteiger partial charge in [0.15, 0.2) is 0 Å². The van der Waals surface area contributed by atoms with Gasteiger partial charge in [-0.25, -0.2) is 0 Å². The number of benzene rings is 1. The predicted molar refractivity (Wildman–Crippen MR) is 109 cm³/mol. The number of likely N-dealkylation sites (N-methyl/N-ethyl adjacent to an activating group) is 1. The molecule has 1 amide bonds. The minimum atomic E-state index is -0.0615. The van der Waals surface area contributed by atoms with Crippen molar-refractivity contribution in [1.29, 1.82) is 0 Å². The van der Waals surface area contributed by atoms with Gasteiger partial charge in [0.05, 0.1) is 12.7 Å². The number of amides is 1. The van der Waals surface area contributed by atoms with Crippen LogP contribution < -0.4 is 0 Å². The number of aromatic nitrogens is 2. The van der Waals surface area contributed by atoms with Crippen LogP contribution in [0.1, 0.15) is 41.9 Å². The Morgan fingerprint density at radius 1 is 1.25 bits per heavy atom. The second-order valence-electron chi connectivity index (χ2n) is 7.62. The maximum atomic E-state index is 12.4. The molecule has 2 atom stereocenters. The van der Waals surface area contributed by atoms with E-state index in [0.29, 0.717) is 18.4 Å². The summed E-state index contributed by atoms with van der Waals surface area (Å²) in [6.07, 6.45) is 8.29. The van der Waals surface area contributed by atoms with Gasteiger partial charge in [-0.15, -0.1) is 0 Å². The van der Waals surface area contributed by atoms with Gasteiger partial charge in [-0.3, -0.25) is 9.48 Å². The van der Waals surface area contributed by atoms with Crippen molar-refractivity contribution in [1.82, 2.24) is 14.7 Å². The number of hydrogen-bond acceptors (Lipinski definition) is 3. The van der Waals surface area contributed by atoms with E-state index in [9.17, 15) is 4.79 Å². The van der Waals surface area contributed by atoms with Crippen LogP contribution in [0, 0.1) is 5.92 Å². The van der Waals surface area contributed by atoms with Crippen molar-refractivity contribution in [3.8, 4) is 0 Å². The van der Waals surface area contributed by atoms with E-state index in [4.69, 9.17) is 4.42 Å². The molecule has 2 heterocycles. The monoisotopic (exact) mass is 375 g/mol. The number of carbonyl (C=O) groups is 1. The molecule has 5 heteroatoms. The van der Waals surface area contributed by atoms with Crippen molar-refractivity contribution in [2.45, 2.75) is 32.4 Å². The third kappa shape index (κ3) is 4.42. The van der Waals surface area contributed by atoms with Gasteiger partial charge >= 0.3 is 0 Å². The molecule has 144 valence electrons. The third-order valence-electron chi connectivity index (χ3n) is 5.18. The van der Waals surface area contributed by atoms with E-state index in [0.717, 1.165) is 23.6 Å². The smallest absolute Gasteiger partial charge is 0.246 e. The Labute approximate surface area is 165 Å². The van der Waals surface area contributed by atoms with Crippen LogP contribution in [0.25, 0.3) is 6.08 Å². The second-order valence-corrected chi connectivity index (χ2v) is 7.62. The molecule has 3 aromatic rings. The van der Waals surface area contributed by atoms with Crippen LogP contribution in [0.3, 0.4) is 0 Å². The lowest BCUT2D eigenvalue weighted by molar-refractivity contribution is -0.125. The first kappa shape index (κ1) is 18.3. The number of hydrogen-bond donors (Lipinski definition) is 0. The Balaban J connectivity index is 1.31. The molecule has 28 heavy (non-hydrogen) atoms. The highest BCUT2D eigenvalue weighted by Gasteiger charge is 2.36. The van der Waals surface area contributed by atoms with Crippen LogP contribution in [0.2, 0.25) is 0 Å². The van der Waals surface area contributed by atoms with Gasteiger partial charge in [-0.1, -0.05) is 37.3 Å². The largest absolute Gasteiger partial charge is 0.461 e. The van der Waals surface area contributed by atoms with E-state index >= 15 is 0 Å². The molecule has 0 aliphatic heterocycles. The number of furan rings is 1. The van der Waals surface area contributed by atoms with E-state index in [2.05, 4.69) is 24.2 Å². The van der Waals surface area contributed by atoms with Gasteiger partial charge in [-0.2, -0.15) is 5.10 Å². The lowest BCUT2D eigenvalue weighted by Gasteiger charge is -2.13. The number of rotatable bonds is 7. The SMILES string of the molecule is CC1CC1c1ccc(/C=C/C(=O)N(C)Cc2cnn(Cc3ccccc3)c2)o1. The molecule has 0 spiro atoms. The average Bonchev–Trinajstić information content (AvgIpc) is 3.08. The first-order chi connectivity index (χ1) is 13.6. The standard InChI is InChI=1S/C23H25N3O2/c1-17-12-21(17)22-10-8-20(28-22)9-11-23(27)25(2)14-19-13-24-26(16-19)15-18-6-4-3-5-7-18/h3-11,13,16-17,21H,12,14-15H2,1-2H3/b11-9+. The molecule has 1 saturated carbocycles. The van der Waals surface area contributed by atoms with Gasteiger partial charge in [0, 0.05) is 37.3 Å². The maximum absolute atomic E-state index is 12.4. The summed E-state index contributed by atoms with van der Waals surface area (Å²) in [6.45, 7) is 3.46. The van der Waals surface area contributed by atoms with Crippen LogP contribution in [0.4, 0.5) is 0 Å². The minimum Gasteiger partial charge on any atom is -0.461 e. The molecular formula is C23H25N3O2. The van der Waals surface area contributed by atoms with E-state index in [1.54, 1.807) is 24.1 Å². The average molecular weight is 375 g/mol. The second kappa shape index (κ2) is 7.89. The van der Waals surface area contributed by atoms with E-state index in [1.807, 2.05) is 47.4 Å². The van der Waals surface area contributed by atoms with E-state index in [-0.39, 0.29) is 5.91 Å². The molecule has 1 aliphatic carbocycles. The fourth-order valence-corrected chi connectivity index (χ4v) is 3.35. The summed E-state index contributed by atoms with van der Waals surface area (Å²) in [6, 6.07) is 14.1. The Bertz CT molecular complexity index is 971. The molecule has 2 unspecified atom stereocenters. The zero-order chi connectivity index (χ0) is 19.5. The zero-order valence-electron chi connectivity index (χ0n) is 16.3. The lowest BCUT2D eigenvalue weighted by atomic mass is 10.2. The van der Waals surface area contributed by atoms with Crippen LogP contribution in [-0.4, -0.2) is 27.6 Å². The topological polar surface area (TPSA) is 51.3 Å². The highest BCUT2D eigenvalue weighted by atomic mass is 16.3. The lowest BCUT2D eigenvalue weighted by Crippen LogP contribution is -2.23. The van der Waals surface area contributed by atoms with Crippen molar-refractivity contribution in [3.63, 3.8) is 0 Å². The minimum absolute atomic E-state index is 0.0615. The molecule has 1 fully saturated rings. The fourth-order valence-electron chi connectivity index (χ4n) is 3.35. The summed E-state index contributed by atoms with van der Waals surface area (Å²) >= 11 is 0. The molecule has 1 aliphatic rings. The Morgan fingerprint density at radius 2 is 2.04 bits per heavy atom. The van der Waals surface area contributed by atoms with Crippen LogP contribution in [-0.2, 0) is 17.9 Å². The van der Waals surface area contributed by atoms with Crippen LogP contribution in [0.15, 0.2) is 65.4 Å². The molecule has 0 N–H and O–H groups in total. The van der Waals surface area contributed by atoms with Gasteiger partial charge in [0.2, 0.25) is 5.91 Å². The van der Waals surface area contributed by atoms with Gasteiger partial charge in [0.1, 0.15) is 11.5 Å². The molecule has 1 aromatic carbocycles. The van der Waals surface area contributed by atoms with Crippen molar-refractivity contribution < 1.29 is 9.21 Å². The van der Waals surface area contributed by atoms with Gasteiger partial charge < -0.3 is 9.32 Å². The highest BCUT2D eigenvalue weighted by molar-refractivity contribution is 5.91. The van der Waals surface area contributed by atoms with Crippen LogP contribution >= 0.6 is 0 Å². The fraction of sp³-hybridized carbons (Fsp3) is 0.304. The molecule has 2 aromatic heterocycles. The van der Waals surface area contributed by atoms with E-state index < -0.39 is 0 Å². The molecular weight excluding hydrogens is 350 g/mol. The van der Waals surface area contributed by atoms with Gasteiger partial charge in [0.25, 0.3) is 0 Å². The van der Waals surface area contributed by atoms with Crippen molar-refractivity contribution in [2.24, 2.45) is 5.92 Å². The molecule has 0 radical (unpaired) electrons. The summed E-state index contributed by atoms with van der Waals surface area (Å²) in [4.78, 5) is 14.1. The Morgan fingerprint density at radius 3 is 2.79 bits per heavy atom. The first-order valence-corrected chi connectivity index (χ1v) is 9.66. The van der Waals surface area contributed by atoms with Crippen molar-refractivity contribution in [3.05, 3.63) is 83.6 Å². The van der Waals surface area contributed by atoms with Crippen molar-refractivity contribution in [2.75, 3.05) is 7.05 Å². The van der Waals surface area contributed by atoms with E-state index in [1.165, 1.54) is 12.0 Å². The number of nitrogens with zero attached hydrogens (tertiary/aromatic N) is 3. The maximum Gasteiger partial charge on any atom is 0.246 e. The Hall–Kier alpha value is -3.08. The molecule has 4 rings (SSSR count). The third-order valence-corrected chi connectivity index (χ3v) is 5.18. The molecule has 5 nitrogen and oxygen atoms in total. The summed E-state index contributed by atoms with van der Waals surface area (Å²) in [5.41, 5.74) is 2.20.